The van der Waals surface area contributed by atoms with Crippen LogP contribution in [0.15, 0.2) is 206 Å². The Bertz CT molecular complexity index is 3920. The van der Waals surface area contributed by atoms with Gasteiger partial charge in [0.2, 0.25) is 5.95 Å². The highest BCUT2D eigenvalue weighted by Gasteiger charge is 2.59. The Morgan fingerprint density at radius 1 is 0.538 bits per heavy atom. The van der Waals surface area contributed by atoms with Crippen LogP contribution in [0.3, 0.4) is 0 Å². The summed E-state index contributed by atoms with van der Waals surface area (Å²) in [7, 11) is -3.21. The van der Waals surface area contributed by atoms with Gasteiger partial charge in [-0.15, -0.1) is 0 Å². The number of anilines is 2. The predicted molar refractivity (Wildman–Crippen MR) is 269 cm³/mol. The molecule has 0 bridgehead atoms. The number of benzene rings is 7. The molecule has 7 aromatic carbocycles. The van der Waals surface area contributed by atoms with Crippen molar-refractivity contribution in [3.8, 4) is 28.7 Å². The van der Waals surface area contributed by atoms with E-state index in [1.165, 1.54) is 4.57 Å². The Balaban J connectivity index is 1.23. The van der Waals surface area contributed by atoms with Crippen LogP contribution in [0.4, 0.5) is 11.4 Å². The van der Waals surface area contributed by atoms with Crippen LogP contribution in [0.25, 0.3) is 50.5 Å². The van der Waals surface area contributed by atoms with Crippen molar-refractivity contribution in [3.63, 3.8) is 0 Å². The molecule has 3 aromatic heterocycles. The summed E-state index contributed by atoms with van der Waals surface area (Å²) in [6, 6.07) is 36.0. The molecule has 7 heteroatoms. The third-order valence-corrected chi connectivity index (χ3v) is 18.7. The molecule has 0 radical (unpaired) electrons. The second-order valence-corrected chi connectivity index (χ2v) is 21.0. The first-order valence-corrected chi connectivity index (χ1v) is 23.9. The molecule has 314 valence electrons. The molecule has 65 heavy (non-hydrogen) atoms. The Morgan fingerprint density at radius 3 is 1.77 bits per heavy atom. The molecule has 1 fully saturated rings. The lowest BCUT2D eigenvalue weighted by Gasteiger charge is -2.50. The van der Waals surface area contributed by atoms with E-state index < -0.39 is 85.5 Å². The van der Waals surface area contributed by atoms with Gasteiger partial charge >= 0.3 is 0 Å². The maximum Gasteiger partial charge on any atom is 0.238 e. The summed E-state index contributed by atoms with van der Waals surface area (Å²) in [5, 5.41) is 3.85. The number of pyridine rings is 1. The molecule has 10 aromatic rings. The van der Waals surface area contributed by atoms with Crippen LogP contribution in [-0.2, 0) is 5.41 Å². The summed E-state index contributed by atoms with van der Waals surface area (Å²) in [6.07, 6.45) is 4.94. The fourth-order valence-corrected chi connectivity index (χ4v) is 15.6. The minimum Gasteiger partial charge on any atom is -0.332 e. The van der Waals surface area contributed by atoms with E-state index in [1.54, 1.807) is 6.20 Å². The lowest BCUT2D eigenvalue weighted by molar-refractivity contribution is 0.191. The van der Waals surface area contributed by atoms with Crippen molar-refractivity contribution in [2.75, 3.05) is 4.90 Å². The summed E-state index contributed by atoms with van der Waals surface area (Å²) in [4.78, 5) is 22.4. The second-order valence-electron chi connectivity index (χ2n) is 17.2. The van der Waals surface area contributed by atoms with E-state index in [9.17, 15) is 11.0 Å². The molecule has 0 spiro atoms. The van der Waals surface area contributed by atoms with E-state index in [2.05, 4.69) is 56.3 Å². The number of rotatable bonds is 8. The topological polar surface area (TPSA) is 59.7 Å². The molecule has 1 saturated carbocycles. The number of hydrogen-bond acceptors (Lipinski definition) is 5. The third-order valence-electron chi connectivity index (χ3n) is 14.0. The van der Waals surface area contributed by atoms with Crippen molar-refractivity contribution in [2.45, 2.75) is 50.5 Å². The van der Waals surface area contributed by atoms with Crippen LogP contribution in [0.1, 0.15) is 61.7 Å². The molecule has 1 aliphatic carbocycles. The van der Waals surface area contributed by atoms with Gasteiger partial charge in [-0.05, 0) is 76.8 Å². The van der Waals surface area contributed by atoms with E-state index in [0.717, 1.165) is 45.7 Å². The quantitative estimate of drug-likeness (QED) is 0.112. The van der Waals surface area contributed by atoms with Gasteiger partial charge in [0.1, 0.15) is 0 Å². The normalized spacial score (nSPS) is 20.7. The molecular formula is C58H48N6Si. The fourth-order valence-electron chi connectivity index (χ4n) is 10.8. The van der Waals surface area contributed by atoms with Gasteiger partial charge in [-0.1, -0.05) is 183 Å². The summed E-state index contributed by atoms with van der Waals surface area (Å²) >= 11 is 0. The number of hydrogen-bond donors (Lipinski definition) is 0. The Labute approximate surface area is 397 Å². The van der Waals surface area contributed by atoms with Crippen molar-refractivity contribution in [2.24, 2.45) is 0 Å². The van der Waals surface area contributed by atoms with E-state index in [0.29, 0.717) is 17.7 Å². The van der Waals surface area contributed by atoms with E-state index in [4.69, 9.17) is 25.4 Å². The van der Waals surface area contributed by atoms with Crippen LogP contribution >= 0.6 is 0 Å². The molecule has 12 rings (SSSR count). The zero-order valence-corrected chi connectivity index (χ0v) is 36.7. The van der Waals surface area contributed by atoms with Crippen LogP contribution in [-0.4, -0.2) is 38.1 Å². The number of para-hydroxylation sites is 3. The van der Waals surface area contributed by atoms with Gasteiger partial charge in [-0.25, -0.2) is 4.98 Å². The standard InChI is InChI=1S/C58H48N6Si/c1-57-37-18-19-38-58(57,2)64(52-36-21-39-59-53(52)57)51-35-17-14-32-48(51)55-60-54(61-56(62-55)63-49-33-15-12-30-46(49)47-31-13-16-34-50(47)63)41-22-20-29-45(40-41)65(42-23-6-3-7-24-42,43-25-8-4-9-26-43)44-27-10-5-11-28-44/h3-17,20-36,39-40H,18-19,37-38H2,1-2H3/i12D,13D,14D,15D,16D,17D,30D,31D,32D,33D,34D,35D. The number of aromatic nitrogens is 5. The zero-order valence-electron chi connectivity index (χ0n) is 47.7. The van der Waals surface area contributed by atoms with Crippen molar-refractivity contribution >= 4 is 62.0 Å². The van der Waals surface area contributed by atoms with E-state index in [-0.39, 0.29) is 56.7 Å². The van der Waals surface area contributed by atoms with Gasteiger partial charge in [0.15, 0.2) is 19.7 Å². The Kier molecular flexibility index (Phi) is 6.69. The smallest absolute Gasteiger partial charge is 0.238 e. The summed E-state index contributed by atoms with van der Waals surface area (Å²) < 4.78 is 112. The highest BCUT2D eigenvalue weighted by Crippen LogP contribution is 2.60. The first-order chi connectivity index (χ1) is 37.0. The number of nitrogens with zero attached hydrogens (tertiary/aromatic N) is 6. The summed E-state index contributed by atoms with van der Waals surface area (Å²) in [5.74, 6) is -0.528. The SMILES string of the molecule is [2H]c1c([2H])c([2H])c(N2c3cccnc3C3(C)CCCCC23C)c(-c2nc(-c3cccc([Si](c4ccccc4)(c4ccccc4)c4ccccc4)c3)nc(-n3c4c([2H])c([2H])c([2H])c([2H])c4c4c([2H])c([2H])c([2H])c([2H])c43)n2)c1[2H]. The first-order valence-electron chi connectivity index (χ1n) is 27.9. The fraction of sp³-hybridized carbons (Fsp3) is 0.138. The molecule has 4 heterocycles. The van der Waals surface area contributed by atoms with Gasteiger partial charge in [0.25, 0.3) is 0 Å². The van der Waals surface area contributed by atoms with Gasteiger partial charge in [-0.3, -0.25) is 9.55 Å². The molecule has 1 aliphatic heterocycles. The summed E-state index contributed by atoms with van der Waals surface area (Å²) in [5.41, 5.74) is 0.199. The average Bonchev–Trinajstić information content (AvgIpc) is 4.06. The molecule has 2 aliphatic rings. The maximum absolute atomic E-state index is 9.88. The van der Waals surface area contributed by atoms with Crippen LogP contribution in [0.5, 0.6) is 0 Å². The molecule has 2 unspecified atom stereocenters. The van der Waals surface area contributed by atoms with Gasteiger partial charge in [0, 0.05) is 33.5 Å². The second kappa shape index (κ2) is 15.4. The Hall–Kier alpha value is -7.48. The van der Waals surface area contributed by atoms with Crippen LogP contribution in [0, 0.1) is 0 Å². The van der Waals surface area contributed by atoms with E-state index >= 15 is 0 Å². The molecular weight excluding hydrogens is 809 g/mol. The molecule has 0 saturated heterocycles. The van der Waals surface area contributed by atoms with Crippen molar-refractivity contribution in [3.05, 3.63) is 212 Å². The van der Waals surface area contributed by atoms with Crippen molar-refractivity contribution < 1.29 is 16.4 Å². The molecule has 2 atom stereocenters. The van der Waals surface area contributed by atoms with Gasteiger partial charge < -0.3 is 4.90 Å². The molecule has 0 N–H and O–H groups in total. The van der Waals surface area contributed by atoms with Crippen molar-refractivity contribution in [1.29, 1.82) is 0 Å². The minimum absolute atomic E-state index is 0.0103. The van der Waals surface area contributed by atoms with E-state index in [1.807, 2.05) is 89.8 Å². The lowest BCUT2D eigenvalue weighted by Crippen LogP contribution is -2.74. The van der Waals surface area contributed by atoms with Crippen molar-refractivity contribution in [1.82, 2.24) is 24.5 Å². The Morgan fingerprint density at radius 2 is 1.11 bits per heavy atom. The largest absolute Gasteiger partial charge is 0.332 e. The highest BCUT2D eigenvalue weighted by atomic mass is 28.3. The minimum atomic E-state index is -3.21. The van der Waals surface area contributed by atoms with Gasteiger partial charge in [-0.2, -0.15) is 9.97 Å². The van der Waals surface area contributed by atoms with Crippen LogP contribution < -0.4 is 25.6 Å². The lowest BCUT2D eigenvalue weighted by atomic mass is 9.63. The van der Waals surface area contributed by atoms with Gasteiger partial charge in [0.05, 0.1) is 50.1 Å². The third kappa shape index (κ3) is 5.91. The zero-order chi connectivity index (χ0) is 54.0. The molecule has 0 amide bonds. The average molecular weight is 869 g/mol. The highest BCUT2D eigenvalue weighted by molar-refractivity contribution is 7.19. The number of fused-ring (bicyclic) bond motifs is 6. The monoisotopic (exact) mass is 868 g/mol. The predicted octanol–water partition coefficient (Wildman–Crippen LogP) is 10.8. The molecule has 6 nitrogen and oxygen atoms in total. The first kappa shape index (κ1) is 28.3. The maximum atomic E-state index is 9.88. The summed E-state index contributed by atoms with van der Waals surface area (Å²) in [6.45, 7) is 4.26. The van der Waals surface area contributed by atoms with Crippen LogP contribution in [0.2, 0.25) is 0 Å².